The largest absolute Gasteiger partial charge is 0.421 e. The van der Waals surface area contributed by atoms with E-state index in [9.17, 15) is 13.2 Å². The van der Waals surface area contributed by atoms with Crippen LogP contribution in [0.25, 0.3) is 16.6 Å². The maximum Gasteiger partial charge on any atom is 0.416 e. The fourth-order valence-electron chi connectivity index (χ4n) is 3.29. The van der Waals surface area contributed by atoms with Crippen LogP contribution >= 0.6 is 0 Å². The van der Waals surface area contributed by atoms with Crippen molar-refractivity contribution in [2.75, 3.05) is 12.4 Å². The lowest BCUT2D eigenvalue weighted by Gasteiger charge is -2.14. The van der Waals surface area contributed by atoms with E-state index in [2.05, 4.69) is 32.2 Å². The summed E-state index contributed by atoms with van der Waals surface area (Å²) < 4.78 is 44.8. The third-order valence-electron chi connectivity index (χ3n) is 4.78. The van der Waals surface area contributed by atoms with Gasteiger partial charge in [0.1, 0.15) is 6.33 Å². The van der Waals surface area contributed by atoms with E-state index in [-0.39, 0.29) is 0 Å². The molecule has 2 aromatic heterocycles. The minimum absolute atomic E-state index is 0.292. The van der Waals surface area contributed by atoms with Crippen LogP contribution in [0.15, 0.2) is 73.6 Å². The van der Waals surface area contributed by atoms with Crippen molar-refractivity contribution in [2.24, 2.45) is 0 Å². The maximum absolute atomic E-state index is 13.0. The molecule has 0 spiro atoms. The molecule has 4 rings (SSSR count). The van der Waals surface area contributed by atoms with Gasteiger partial charge >= 0.3 is 6.18 Å². The van der Waals surface area contributed by atoms with Crippen molar-refractivity contribution < 1.29 is 17.9 Å². The van der Waals surface area contributed by atoms with Gasteiger partial charge in [-0.3, -0.25) is 0 Å². The average Bonchev–Trinajstić information content (AvgIpc) is 2.78. The second-order valence-corrected chi connectivity index (χ2v) is 7.18. The Morgan fingerprint density at radius 1 is 1.00 bits per heavy atom. The van der Waals surface area contributed by atoms with E-state index < -0.39 is 11.7 Å². The minimum atomic E-state index is -4.42. The lowest BCUT2D eigenvalue weighted by atomic mass is 10.1. The molecule has 0 fully saturated rings. The van der Waals surface area contributed by atoms with Crippen LogP contribution in [-0.4, -0.2) is 22.0 Å². The van der Waals surface area contributed by atoms with E-state index in [1.807, 2.05) is 25.2 Å². The number of ether oxygens (including phenoxy) is 1. The molecule has 0 radical (unpaired) electrons. The van der Waals surface area contributed by atoms with Crippen LogP contribution in [0.2, 0.25) is 0 Å². The Bertz CT molecular complexity index is 1310. The highest BCUT2D eigenvalue weighted by Gasteiger charge is 2.30. The Morgan fingerprint density at radius 3 is 2.61 bits per heavy atom. The van der Waals surface area contributed by atoms with E-state index in [0.717, 1.165) is 23.2 Å². The first-order valence-electron chi connectivity index (χ1n) is 10.0. The summed E-state index contributed by atoms with van der Waals surface area (Å²) in [6.07, 6.45) is -3.00. The number of benzene rings is 2. The summed E-state index contributed by atoms with van der Waals surface area (Å²) in [7, 11) is 1.82. The number of alkyl halides is 3. The molecule has 4 aromatic rings. The van der Waals surface area contributed by atoms with Crippen molar-refractivity contribution in [3.63, 3.8) is 0 Å². The molecule has 2 heterocycles. The first kappa shape index (κ1) is 22.2. The van der Waals surface area contributed by atoms with Crippen molar-refractivity contribution in [1.82, 2.24) is 20.3 Å². The average molecular weight is 451 g/mol. The summed E-state index contributed by atoms with van der Waals surface area (Å²) in [5.74, 6) is 0.721. The Kier molecular flexibility index (Phi) is 6.23. The van der Waals surface area contributed by atoms with Crippen molar-refractivity contribution in [2.45, 2.75) is 12.7 Å². The number of nitrogens with one attached hydrogen (secondary N) is 2. The second-order valence-electron chi connectivity index (χ2n) is 7.18. The van der Waals surface area contributed by atoms with Crippen molar-refractivity contribution in [3.05, 3.63) is 90.4 Å². The summed E-state index contributed by atoms with van der Waals surface area (Å²) in [6.45, 7) is 4.58. The standard InChI is InChI=1S/C24H20F3N5O/c1-15(31-17-6-3-5-16(11-17)24(25,26)27)19-7-4-8-21-20(19)9-10-22(32-21)33-23-12-18(13-28-2)29-14-30-23/h3-12,14,28,31H,1,13H2,2H3. The highest BCUT2D eigenvalue weighted by atomic mass is 19.4. The number of halogens is 3. The normalized spacial score (nSPS) is 11.4. The molecule has 168 valence electrons. The second kappa shape index (κ2) is 9.25. The summed E-state index contributed by atoms with van der Waals surface area (Å²) in [6, 6.07) is 15.6. The van der Waals surface area contributed by atoms with Gasteiger partial charge in [0.05, 0.1) is 16.8 Å². The van der Waals surface area contributed by atoms with Crippen LogP contribution < -0.4 is 15.4 Å². The molecule has 2 N–H and O–H groups in total. The molecule has 0 unspecified atom stereocenters. The van der Waals surface area contributed by atoms with Gasteiger partial charge in [-0.2, -0.15) is 13.2 Å². The summed E-state index contributed by atoms with van der Waals surface area (Å²) >= 11 is 0. The Hall–Kier alpha value is -3.98. The predicted molar refractivity (Wildman–Crippen MR) is 121 cm³/mol. The molecule has 0 saturated heterocycles. The van der Waals surface area contributed by atoms with E-state index in [1.54, 1.807) is 24.3 Å². The van der Waals surface area contributed by atoms with Gasteiger partial charge in [0.2, 0.25) is 11.8 Å². The van der Waals surface area contributed by atoms with Crippen molar-refractivity contribution in [3.8, 4) is 11.8 Å². The van der Waals surface area contributed by atoms with Gasteiger partial charge in [-0.25, -0.2) is 15.0 Å². The molecule has 0 atom stereocenters. The molecule has 0 bridgehead atoms. The summed E-state index contributed by atoms with van der Waals surface area (Å²) in [4.78, 5) is 12.8. The fraction of sp³-hybridized carbons (Fsp3) is 0.125. The van der Waals surface area contributed by atoms with Crippen LogP contribution in [0.1, 0.15) is 16.8 Å². The monoisotopic (exact) mass is 451 g/mol. The lowest BCUT2D eigenvalue weighted by molar-refractivity contribution is -0.137. The van der Waals surface area contributed by atoms with Crippen molar-refractivity contribution in [1.29, 1.82) is 0 Å². The Labute approximate surface area is 188 Å². The fourth-order valence-corrected chi connectivity index (χ4v) is 3.29. The van der Waals surface area contributed by atoms with E-state index in [4.69, 9.17) is 4.74 Å². The maximum atomic E-state index is 13.0. The lowest BCUT2D eigenvalue weighted by Crippen LogP contribution is -2.07. The van der Waals surface area contributed by atoms with Crippen LogP contribution in [0.3, 0.4) is 0 Å². The number of rotatable bonds is 7. The van der Waals surface area contributed by atoms with Gasteiger partial charge in [-0.15, -0.1) is 0 Å². The first-order chi connectivity index (χ1) is 15.8. The molecule has 0 aliphatic rings. The van der Waals surface area contributed by atoms with Crippen LogP contribution in [0.5, 0.6) is 11.8 Å². The molecule has 6 nitrogen and oxygen atoms in total. The van der Waals surface area contributed by atoms with Crippen molar-refractivity contribution >= 4 is 22.3 Å². The molecule has 0 saturated carbocycles. The minimum Gasteiger partial charge on any atom is -0.421 e. The molecular weight excluding hydrogens is 431 g/mol. The van der Waals surface area contributed by atoms with Crippen LogP contribution in [0, 0.1) is 0 Å². The molecule has 0 aliphatic heterocycles. The number of anilines is 1. The third kappa shape index (κ3) is 5.27. The summed E-state index contributed by atoms with van der Waals surface area (Å²) in [5.41, 5.74) is 2.14. The van der Waals surface area contributed by atoms with E-state index in [0.29, 0.717) is 40.8 Å². The quantitative estimate of drug-likeness (QED) is 0.379. The van der Waals surface area contributed by atoms with E-state index in [1.165, 1.54) is 12.4 Å². The topological polar surface area (TPSA) is 72.0 Å². The molecule has 0 aliphatic carbocycles. The number of fused-ring (bicyclic) bond motifs is 1. The molecule has 0 amide bonds. The van der Waals surface area contributed by atoms with Gasteiger partial charge in [-0.05, 0) is 37.4 Å². The number of nitrogens with zero attached hydrogens (tertiary/aromatic N) is 3. The molecule has 33 heavy (non-hydrogen) atoms. The molecular formula is C24H20F3N5O. The Balaban J connectivity index is 1.57. The number of aromatic nitrogens is 3. The first-order valence-corrected chi connectivity index (χ1v) is 10.0. The SMILES string of the molecule is C=C(Nc1cccc(C(F)(F)F)c1)c1cccc2nc(Oc3cc(CNC)ncn3)ccc12. The highest BCUT2D eigenvalue weighted by molar-refractivity contribution is 5.94. The zero-order chi connectivity index (χ0) is 23.4. The Morgan fingerprint density at radius 2 is 1.82 bits per heavy atom. The van der Waals surface area contributed by atoms with Gasteiger partial charge in [0.25, 0.3) is 0 Å². The number of hydrogen-bond acceptors (Lipinski definition) is 6. The molecule has 2 aromatic carbocycles. The van der Waals surface area contributed by atoms with Crippen LogP contribution in [0.4, 0.5) is 18.9 Å². The zero-order valence-electron chi connectivity index (χ0n) is 17.6. The van der Waals surface area contributed by atoms with Crippen LogP contribution in [-0.2, 0) is 12.7 Å². The predicted octanol–water partition coefficient (Wildman–Crippen LogP) is 5.64. The third-order valence-corrected chi connectivity index (χ3v) is 4.78. The van der Waals surface area contributed by atoms with Gasteiger partial charge in [-0.1, -0.05) is 24.8 Å². The van der Waals surface area contributed by atoms with Gasteiger partial charge < -0.3 is 15.4 Å². The number of pyridine rings is 1. The van der Waals surface area contributed by atoms with Gasteiger partial charge in [0, 0.05) is 41.0 Å². The van der Waals surface area contributed by atoms with Gasteiger partial charge in [0.15, 0.2) is 0 Å². The van der Waals surface area contributed by atoms with E-state index >= 15 is 0 Å². The zero-order valence-corrected chi connectivity index (χ0v) is 17.6. The number of hydrogen-bond donors (Lipinski definition) is 2. The highest BCUT2D eigenvalue weighted by Crippen LogP contribution is 2.32. The summed E-state index contributed by atoms with van der Waals surface area (Å²) in [5, 5.41) is 6.74. The molecule has 9 heteroatoms. The smallest absolute Gasteiger partial charge is 0.416 e.